The number of rotatable bonds is 7. The van der Waals surface area contributed by atoms with Gasteiger partial charge in [-0.05, 0) is 41.1 Å². The number of halogens is 2. The summed E-state index contributed by atoms with van der Waals surface area (Å²) in [7, 11) is 1.83. The summed E-state index contributed by atoms with van der Waals surface area (Å²) < 4.78 is 14.4. The van der Waals surface area contributed by atoms with Gasteiger partial charge in [0.15, 0.2) is 0 Å². The van der Waals surface area contributed by atoms with Crippen molar-refractivity contribution < 1.29 is 4.39 Å². The Labute approximate surface area is 127 Å². The quantitative estimate of drug-likeness (QED) is 0.625. The smallest absolute Gasteiger partial charge is 0.209 e. The summed E-state index contributed by atoms with van der Waals surface area (Å²) in [5.74, 6) is 0.766. The number of aromatic nitrogens is 4. The highest BCUT2D eigenvalue weighted by atomic mass is 35.5. The molecule has 2 aromatic rings. The van der Waals surface area contributed by atoms with Gasteiger partial charge in [-0.2, -0.15) is 0 Å². The lowest BCUT2D eigenvalue weighted by Gasteiger charge is -2.04. The summed E-state index contributed by atoms with van der Waals surface area (Å²) >= 11 is 1.64. The topological polar surface area (TPSA) is 55.6 Å². The summed E-state index contributed by atoms with van der Waals surface area (Å²) in [5, 5.41) is 15.4. The average Bonchev–Trinajstić information content (AvgIpc) is 2.81. The minimum absolute atomic E-state index is 0. The molecule has 0 aliphatic carbocycles. The third kappa shape index (κ3) is 5.44. The zero-order valence-corrected chi connectivity index (χ0v) is 12.8. The number of nitrogens with one attached hydrogen (secondary N) is 1. The summed E-state index contributed by atoms with van der Waals surface area (Å²) in [5.41, 5.74) is 1.09. The molecule has 0 radical (unpaired) electrons. The molecule has 1 heterocycles. The summed E-state index contributed by atoms with van der Waals surface area (Å²) in [4.78, 5) is 0. The van der Waals surface area contributed by atoms with E-state index in [2.05, 4.69) is 20.8 Å². The zero-order valence-electron chi connectivity index (χ0n) is 11.1. The Morgan fingerprint density at radius 3 is 2.70 bits per heavy atom. The maximum absolute atomic E-state index is 12.7. The Bertz CT molecular complexity index is 505. The van der Waals surface area contributed by atoms with Crippen molar-refractivity contribution in [3.63, 3.8) is 0 Å². The maximum Gasteiger partial charge on any atom is 0.209 e. The standard InChI is InChI=1S/C12H16FN5S.ClH/c1-18-12(15-16-17-18)19-8-2-7-14-9-10-3-5-11(13)6-4-10;/h3-6,14H,2,7-9H2,1H3;1H. The summed E-state index contributed by atoms with van der Waals surface area (Å²) in [6.07, 6.45) is 1.03. The van der Waals surface area contributed by atoms with Crippen LogP contribution >= 0.6 is 24.2 Å². The Balaban J connectivity index is 0.00000200. The van der Waals surface area contributed by atoms with E-state index in [9.17, 15) is 4.39 Å². The first-order chi connectivity index (χ1) is 9.25. The van der Waals surface area contributed by atoms with E-state index in [0.29, 0.717) is 0 Å². The van der Waals surface area contributed by atoms with Crippen molar-refractivity contribution in [3.8, 4) is 0 Å². The van der Waals surface area contributed by atoms with Gasteiger partial charge >= 0.3 is 0 Å². The number of hydrogen-bond donors (Lipinski definition) is 1. The second-order valence-corrected chi connectivity index (χ2v) is 5.15. The molecule has 0 amide bonds. The van der Waals surface area contributed by atoms with E-state index < -0.39 is 0 Å². The van der Waals surface area contributed by atoms with E-state index in [4.69, 9.17) is 0 Å². The van der Waals surface area contributed by atoms with Crippen molar-refractivity contribution in [1.29, 1.82) is 0 Å². The van der Waals surface area contributed by atoms with Gasteiger partial charge in [-0.3, -0.25) is 0 Å². The van der Waals surface area contributed by atoms with Gasteiger partial charge in [0.2, 0.25) is 5.16 Å². The molecule has 20 heavy (non-hydrogen) atoms. The van der Waals surface area contributed by atoms with Gasteiger partial charge < -0.3 is 5.32 Å². The van der Waals surface area contributed by atoms with Gasteiger partial charge in [-0.15, -0.1) is 17.5 Å². The molecule has 1 aromatic heterocycles. The maximum atomic E-state index is 12.7. The highest BCUT2D eigenvalue weighted by Gasteiger charge is 2.01. The van der Waals surface area contributed by atoms with Crippen LogP contribution in [0.4, 0.5) is 4.39 Å². The molecule has 1 aromatic carbocycles. The second-order valence-electron chi connectivity index (χ2n) is 4.09. The Morgan fingerprint density at radius 2 is 2.05 bits per heavy atom. The van der Waals surface area contributed by atoms with Crippen LogP contribution in [0.1, 0.15) is 12.0 Å². The van der Waals surface area contributed by atoms with E-state index in [1.165, 1.54) is 12.1 Å². The first-order valence-corrected chi connectivity index (χ1v) is 7.04. The van der Waals surface area contributed by atoms with E-state index in [1.807, 2.05) is 7.05 Å². The van der Waals surface area contributed by atoms with Crippen molar-refractivity contribution in [3.05, 3.63) is 35.6 Å². The van der Waals surface area contributed by atoms with Gasteiger partial charge in [0, 0.05) is 19.3 Å². The number of nitrogens with zero attached hydrogens (tertiary/aromatic N) is 4. The fourth-order valence-corrected chi connectivity index (χ4v) is 2.33. The molecule has 0 spiro atoms. The minimum atomic E-state index is -0.197. The molecule has 1 N–H and O–H groups in total. The first-order valence-electron chi connectivity index (χ1n) is 6.06. The van der Waals surface area contributed by atoms with E-state index in [-0.39, 0.29) is 18.2 Å². The Morgan fingerprint density at radius 1 is 1.30 bits per heavy atom. The van der Waals surface area contributed by atoms with Gasteiger partial charge in [0.25, 0.3) is 0 Å². The molecule has 0 unspecified atom stereocenters. The molecule has 0 atom stereocenters. The zero-order chi connectivity index (χ0) is 13.5. The van der Waals surface area contributed by atoms with Gasteiger partial charge in [0.1, 0.15) is 5.82 Å². The minimum Gasteiger partial charge on any atom is -0.313 e. The van der Waals surface area contributed by atoms with Crippen LogP contribution < -0.4 is 5.32 Å². The predicted molar refractivity (Wildman–Crippen MR) is 79.5 cm³/mol. The van der Waals surface area contributed by atoms with E-state index in [1.54, 1.807) is 28.6 Å². The number of tetrazole rings is 1. The third-order valence-electron chi connectivity index (χ3n) is 2.55. The Hall–Kier alpha value is -1.18. The summed E-state index contributed by atoms with van der Waals surface area (Å²) in [6, 6.07) is 6.55. The van der Waals surface area contributed by atoms with Gasteiger partial charge in [-0.1, -0.05) is 23.9 Å². The van der Waals surface area contributed by atoms with Crippen molar-refractivity contribution in [1.82, 2.24) is 25.5 Å². The van der Waals surface area contributed by atoms with E-state index in [0.717, 1.165) is 36.0 Å². The number of aryl methyl sites for hydroxylation is 1. The van der Waals surface area contributed by atoms with Crippen LogP contribution in [0.25, 0.3) is 0 Å². The van der Waals surface area contributed by atoms with Crippen LogP contribution in [0, 0.1) is 5.82 Å². The molecular weight excluding hydrogens is 301 g/mol. The van der Waals surface area contributed by atoms with Crippen LogP contribution in [0.15, 0.2) is 29.4 Å². The molecule has 0 saturated heterocycles. The number of thioether (sulfide) groups is 1. The van der Waals surface area contributed by atoms with E-state index >= 15 is 0 Å². The SMILES string of the molecule is Cl.Cn1nnnc1SCCCNCc1ccc(F)cc1. The normalized spacial score (nSPS) is 10.3. The molecule has 5 nitrogen and oxygen atoms in total. The van der Waals surface area contributed by atoms with Gasteiger partial charge in [0.05, 0.1) is 0 Å². The molecule has 0 aliphatic heterocycles. The van der Waals surface area contributed by atoms with Gasteiger partial charge in [-0.25, -0.2) is 9.07 Å². The molecule has 0 saturated carbocycles. The van der Waals surface area contributed by atoms with Crippen LogP contribution in [-0.4, -0.2) is 32.5 Å². The molecule has 0 aliphatic rings. The second kappa shape index (κ2) is 8.89. The van der Waals surface area contributed by atoms with Crippen molar-refractivity contribution in [2.45, 2.75) is 18.1 Å². The third-order valence-corrected chi connectivity index (χ3v) is 3.65. The highest BCUT2D eigenvalue weighted by Crippen LogP contribution is 2.12. The van der Waals surface area contributed by atoms with Crippen molar-refractivity contribution in [2.75, 3.05) is 12.3 Å². The predicted octanol–water partition coefficient (Wildman–Crippen LogP) is 2.04. The molecule has 110 valence electrons. The molecule has 2 rings (SSSR count). The summed E-state index contributed by atoms with van der Waals surface area (Å²) in [6.45, 7) is 1.67. The van der Waals surface area contributed by atoms with Crippen molar-refractivity contribution >= 4 is 24.2 Å². The van der Waals surface area contributed by atoms with Crippen LogP contribution in [0.3, 0.4) is 0 Å². The average molecular weight is 318 g/mol. The van der Waals surface area contributed by atoms with Crippen molar-refractivity contribution in [2.24, 2.45) is 7.05 Å². The highest BCUT2D eigenvalue weighted by molar-refractivity contribution is 7.99. The number of benzene rings is 1. The van der Waals surface area contributed by atoms with Crippen LogP contribution in [0.2, 0.25) is 0 Å². The lowest BCUT2D eigenvalue weighted by molar-refractivity contribution is 0.624. The molecule has 0 fully saturated rings. The fourth-order valence-electron chi connectivity index (χ4n) is 1.54. The Kier molecular flexibility index (Phi) is 7.50. The lowest BCUT2D eigenvalue weighted by Crippen LogP contribution is -2.15. The largest absolute Gasteiger partial charge is 0.313 e. The lowest BCUT2D eigenvalue weighted by atomic mass is 10.2. The van der Waals surface area contributed by atoms with Crippen LogP contribution in [0.5, 0.6) is 0 Å². The molecule has 0 bridgehead atoms. The monoisotopic (exact) mass is 317 g/mol. The van der Waals surface area contributed by atoms with Crippen LogP contribution in [-0.2, 0) is 13.6 Å². The fraction of sp³-hybridized carbons (Fsp3) is 0.417. The molecular formula is C12H17ClFN5S. The molecule has 8 heteroatoms. The first kappa shape index (κ1) is 16.9. The number of hydrogen-bond acceptors (Lipinski definition) is 5.